The van der Waals surface area contributed by atoms with Crippen molar-refractivity contribution in [2.24, 2.45) is 14.1 Å². The van der Waals surface area contributed by atoms with Crippen molar-refractivity contribution in [1.29, 1.82) is 5.26 Å². The van der Waals surface area contributed by atoms with E-state index in [1.165, 1.54) is 23.0 Å². The molecule has 0 aliphatic carbocycles. The molecular formula is C21H18ClN5NaO3S. The summed E-state index contributed by atoms with van der Waals surface area (Å²) in [4.78, 5) is 29.6. The Kier molecular flexibility index (Phi) is 7.45. The maximum Gasteiger partial charge on any atom is 0.330 e. The summed E-state index contributed by atoms with van der Waals surface area (Å²) in [6.45, 7) is 0.358. The summed E-state index contributed by atoms with van der Waals surface area (Å²) in [5.74, 6) is 0. The van der Waals surface area contributed by atoms with Crippen molar-refractivity contribution < 1.29 is 5.11 Å². The number of thiazole rings is 1. The zero-order chi connectivity index (χ0) is 22.3. The quantitative estimate of drug-likeness (QED) is 0.443. The Morgan fingerprint density at radius 1 is 1.28 bits per heavy atom. The van der Waals surface area contributed by atoms with E-state index in [1.54, 1.807) is 36.8 Å². The van der Waals surface area contributed by atoms with Crippen LogP contribution in [0.25, 0.3) is 22.2 Å². The molecule has 159 valence electrons. The van der Waals surface area contributed by atoms with Crippen molar-refractivity contribution in [2.75, 3.05) is 0 Å². The van der Waals surface area contributed by atoms with Gasteiger partial charge in [-0.15, -0.1) is 11.3 Å². The molecule has 1 N–H and O–H groups in total. The monoisotopic (exact) mass is 478 g/mol. The van der Waals surface area contributed by atoms with Crippen molar-refractivity contribution in [3.63, 3.8) is 0 Å². The van der Waals surface area contributed by atoms with Gasteiger partial charge in [-0.2, -0.15) is 5.26 Å². The predicted molar refractivity (Wildman–Crippen MR) is 125 cm³/mol. The zero-order valence-electron chi connectivity index (χ0n) is 17.7. The first-order valence-corrected chi connectivity index (χ1v) is 10.7. The van der Waals surface area contributed by atoms with E-state index < -0.39 is 17.4 Å². The Labute approximate surface area is 214 Å². The average molecular weight is 479 g/mol. The number of hydrogen-bond donors (Lipinski definition) is 1. The summed E-state index contributed by atoms with van der Waals surface area (Å²) >= 11 is 7.14. The van der Waals surface area contributed by atoms with Crippen LogP contribution >= 0.6 is 22.9 Å². The number of benzene rings is 1. The summed E-state index contributed by atoms with van der Waals surface area (Å²) < 4.78 is 4.32. The van der Waals surface area contributed by atoms with Crippen LogP contribution in [0.1, 0.15) is 23.1 Å². The van der Waals surface area contributed by atoms with Gasteiger partial charge in [0, 0.05) is 67.3 Å². The van der Waals surface area contributed by atoms with Crippen molar-refractivity contribution in [3.05, 3.63) is 72.4 Å². The average Bonchev–Trinajstić information content (AvgIpc) is 3.38. The molecule has 0 amide bonds. The van der Waals surface area contributed by atoms with Crippen molar-refractivity contribution in [1.82, 2.24) is 18.7 Å². The van der Waals surface area contributed by atoms with E-state index in [0.717, 1.165) is 4.57 Å². The molecule has 1 atom stereocenters. The second-order valence-electron chi connectivity index (χ2n) is 7.14. The van der Waals surface area contributed by atoms with Gasteiger partial charge in [0.1, 0.15) is 16.3 Å². The van der Waals surface area contributed by atoms with Crippen LogP contribution in [0.15, 0.2) is 45.4 Å². The number of nitrogens with zero attached hydrogens (tertiary/aromatic N) is 5. The molecule has 0 bridgehead atoms. The number of rotatable bonds is 5. The van der Waals surface area contributed by atoms with Gasteiger partial charge in [-0.1, -0.05) is 23.7 Å². The first-order chi connectivity index (χ1) is 14.8. The molecule has 1 aromatic carbocycles. The number of halogens is 1. The van der Waals surface area contributed by atoms with Crippen LogP contribution in [0, 0.1) is 11.3 Å². The summed E-state index contributed by atoms with van der Waals surface area (Å²) in [6, 6.07) is 9.05. The van der Waals surface area contributed by atoms with Crippen LogP contribution in [0.2, 0.25) is 5.15 Å². The molecule has 4 rings (SSSR count). The molecule has 3 aromatic heterocycles. The van der Waals surface area contributed by atoms with Crippen molar-refractivity contribution in [3.8, 4) is 17.3 Å². The molecule has 32 heavy (non-hydrogen) atoms. The summed E-state index contributed by atoms with van der Waals surface area (Å²) in [6.07, 6.45) is 1.23. The molecule has 0 fully saturated rings. The zero-order valence-corrected chi connectivity index (χ0v) is 21.3. The summed E-state index contributed by atoms with van der Waals surface area (Å²) in [5, 5.41) is 22.7. The van der Waals surface area contributed by atoms with Crippen molar-refractivity contribution >= 4 is 63.4 Å². The third-order valence-corrected chi connectivity index (χ3v) is 6.47. The molecular weight excluding hydrogens is 461 g/mol. The van der Waals surface area contributed by atoms with E-state index in [-0.39, 0.29) is 29.6 Å². The molecule has 3 heterocycles. The molecule has 0 aliphatic rings. The third kappa shape index (κ3) is 4.35. The Morgan fingerprint density at radius 2 is 2.03 bits per heavy atom. The third-order valence-electron chi connectivity index (χ3n) is 5.20. The minimum Gasteiger partial charge on any atom is -0.386 e. The van der Waals surface area contributed by atoms with E-state index in [1.807, 2.05) is 10.6 Å². The summed E-state index contributed by atoms with van der Waals surface area (Å²) in [5.41, 5.74) is 1.37. The molecule has 1 unspecified atom stereocenters. The van der Waals surface area contributed by atoms with Crippen LogP contribution in [0.5, 0.6) is 0 Å². The SMILES string of the molecule is Cn1c(=O)c2c(-c3cccc(C#N)c3)n(CCC(O)c3nc(Cl)cs3)cc2n(C)c1=O.[Na]. The molecule has 1 radical (unpaired) electrons. The van der Waals surface area contributed by atoms with Gasteiger partial charge in [0.15, 0.2) is 0 Å². The maximum atomic E-state index is 13.0. The van der Waals surface area contributed by atoms with E-state index in [4.69, 9.17) is 11.6 Å². The Balaban J connectivity index is 0.00000289. The summed E-state index contributed by atoms with van der Waals surface area (Å²) in [7, 11) is 3.04. The van der Waals surface area contributed by atoms with Crippen LogP contribution in [-0.2, 0) is 20.6 Å². The normalized spacial score (nSPS) is 11.8. The topological polar surface area (TPSA) is 106 Å². The van der Waals surface area contributed by atoms with Crippen molar-refractivity contribution in [2.45, 2.75) is 19.1 Å². The number of aliphatic hydroxyl groups excluding tert-OH is 1. The molecule has 0 aliphatic heterocycles. The van der Waals surface area contributed by atoms with Gasteiger partial charge < -0.3 is 9.67 Å². The number of nitriles is 1. The number of aryl methyl sites for hydroxylation is 2. The minimum atomic E-state index is -0.826. The van der Waals surface area contributed by atoms with Gasteiger partial charge in [-0.25, -0.2) is 9.78 Å². The minimum absolute atomic E-state index is 0. The predicted octanol–water partition coefficient (Wildman–Crippen LogP) is 2.43. The van der Waals surface area contributed by atoms with E-state index in [2.05, 4.69) is 11.1 Å². The standard InChI is InChI=1S/C21H18ClN5O3S.Na/c1-25-14-10-27(7-6-15(28)19-24-16(22)11-31-19)18(13-5-3-4-12(8-13)9-23)17(14)20(29)26(2)21(25)30;/h3-5,8,10-11,15,28H,6-7H2,1-2H3;. The molecule has 0 saturated heterocycles. The molecule has 8 nitrogen and oxygen atoms in total. The van der Waals surface area contributed by atoms with Gasteiger partial charge in [-0.05, 0) is 18.6 Å². The van der Waals surface area contributed by atoms with Gasteiger partial charge in [-0.3, -0.25) is 13.9 Å². The fraction of sp³-hybridized carbons (Fsp3) is 0.238. The Morgan fingerprint density at radius 3 is 2.69 bits per heavy atom. The van der Waals surface area contributed by atoms with Gasteiger partial charge >= 0.3 is 5.69 Å². The first kappa shape index (κ1) is 24.5. The van der Waals surface area contributed by atoms with Crippen LogP contribution < -0.4 is 11.2 Å². The first-order valence-electron chi connectivity index (χ1n) is 9.40. The molecule has 0 spiro atoms. The van der Waals surface area contributed by atoms with Gasteiger partial charge in [0.25, 0.3) is 5.56 Å². The second-order valence-corrected chi connectivity index (χ2v) is 8.42. The second kappa shape index (κ2) is 9.75. The fourth-order valence-electron chi connectivity index (χ4n) is 3.62. The molecule has 4 aromatic rings. The number of aliphatic hydroxyl groups is 1. The van der Waals surface area contributed by atoms with Crippen LogP contribution in [0.4, 0.5) is 0 Å². The Bertz CT molecular complexity index is 1460. The van der Waals surface area contributed by atoms with Gasteiger partial charge in [0.05, 0.1) is 28.2 Å². The number of aromatic nitrogens is 4. The van der Waals surface area contributed by atoms with E-state index in [9.17, 15) is 20.0 Å². The fourth-order valence-corrected chi connectivity index (χ4v) is 4.59. The van der Waals surface area contributed by atoms with Crippen LogP contribution in [-0.4, -0.2) is 53.3 Å². The number of fused-ring (bicyclic) bond motifs is 1. The number of hydrogen-bond acceptors (Lipinski definition) is 6. The maximum absolute atomic E-state index is 13.0. The molecule has 0 saturated carbocycles. The van der Waals surface area contributed by atoms with E-state index >= 15 is 0 Å². The smallest absolute Gasteiger partial charge is 0.330 e. The Hall–Kier alpha value is -2.19. The van der Waals surface area contributed by atoms with E-state index in [0.29, 0.717) is 50.9 Å². The molecule has 11 heteroatoms. The van der Waals surface area contributed by atoms with Gasteiger partial charge in [0.2, 0.25) is 0 Å². The largest absolute Gasteiger partial charge is 0.386 e. The van der Waals surface area contributed by atoms with Crippen LogP contribution in [0.3, 0.4) is 0 Å².